The van der Waals surface area contributed by atoms with Crippen LogP contribution in [0.15, 0.2) is 18.2 Å². The molecule has 17 heavy (non-hydrogen) atoms. The van der Waals surface area contributed by atoms with Crippen LogP contribution in [-0.2, 0) is 4.74 Å². The Morgan fingerprint density at radius 1 is 1.35 bits per heavy atom. The summed E-state index contributed by atoms with van der Waals surface area (Å²) < 4.78 is 5.47. The van der Waals surface area contributed by atoms with Gasteiger partial charge in [0.2, 0.25) is 7.28 Å². The van der Waals surface area contributed by atoms with Crippen molar-refractivity contribution in [2.24, 2.45) is 0 Å². The van der Waals surface area contributed by atoms with Crippen LogP contribution >= 0.6 is 0 Å². The largest absolute Gasteiger partial charge is 0.387 e. The van der Waals surface area contributed by atoms with E-state index in [9.17, 15) is 4.79 Å². The van der Waals surface area contributed by atoms with Crippen LogP contribution in [0.1, 0.15) is 41.8 Å². The molecule has 1 aromatic rings. The van der Waals surface area contributed by atoms with Crippen molar-refractivity contribution in [2.45, 2.75) is 40.1 Å². The molecule has 0 aliphatic rings. The van der Waals surface area contributed by atoms with Crippen molar-refractivity contribution in [1.29, 1.82) is 0 Å². The third-order valence-corrected chi connectivity index (χ3v) is 2.77. The van der Waals surface area contributed by atoms with Gasteiger partial charge in [-0.25, -0.2) is 0 Å². The molecule has 3 heteroatoms. The van der Waals surface area contributed by atoms with E-state index in [4.69, 9.17) is 4.74 Å². The second kappa shape index (κ2) is 6.60. The summed E-state index contributed by atoms with van der Waals surface area (Å²) in [5, 5.41) is 0. The fourth-order valence-corrected chi connectivity index (χ4v) is 1.85. The van der Waals surface area contributed by atoms with Gasteiger partial charge in [-0.1, -0.05) is 30.7 Å². The van der Waals surface area contributed by atoms with Crippen LogP contribution < -0.4 is 0 Å². The van der Waals surface area contributed by atoms with E-state index in [2.05, 4.69) is 0 Å². The lowest BCUT2D eigenvalue weighted by Crippen LogP contribution is -2.27. The minimum absolute atomic E-state index is 0.0581. The minimum Gasteiger partial charge on any atom is -0.387 e. The van der Waals surface area contributed by atoms with Gasteiger partial charge in [0.1, 0.15) is 5.68 Å². The van der Waals surface area contributed by atoms with Gasteiger partial charge >= 0.3 is 0 Å². The highest BCUT2D eigenvalue weighted by atomic mass is 16.5. The Hall–Kier alpha value is -1.09. The molecule has 0 fully saturated rings. The fourth-order valence-electron chi connectivity index (χ4n) is 1.85. The van der Waals surface area contributed by atoms with Gasteiger partial charge in [-0.05, 0) is 32.8 Å². The summed E-state index contributed by atoms with van der Waals surface area (Å²) in [7, 11) is 1.68. The zero-order chi connectivity index (χ0) is 12.8. The molecule has 0 bridgehead atoms. The average Bonchev–Trinajstić information content (AvgIpc) is 2.28. The molecule has 1 rings (SSSR count). The molecule has 0 aliphatic heterocycles. The summed E-state index contributed by atoms with van der Waals surface area (Å²) >= 11 is 0. The molecule has 0 saturated carbocycles. The second-order valence-corrected chi connectivity index (χ2v) is 4.25. The average molecular weight is 231 g/mol. The molecule has 0 amide bonds. The predicted molar refractivity (Wildman–Crippen MR) is 71.7 cm³/mol. The van der Waals surface area contributed by atoms with Crippen molar-refractivity contribution >= 4 is 13.0 Å². The molecule has 1 radical (unpaired) electrons. The van der Waals surface area contributed by atoms with Crippen molar-refractivity contribution in [1.82, 2.24) is 0 Å². The Morgan fingerprint density at radius 2 is 2.06 bits per heavy atom. The standard InChI is InChI=1S/C14H20BO2/c1-5-13(17-6-2)15-14(16)12-8-7-10(3)9-11(12)4/h7-9,13H,5-6H2,1-4H3. The Kier molecular flexibility index (Phi) is 5.43. The van der Waals surface area contributed by atoms with Crippen LogP contribution in [0.2, 0.25) is 0 Å². The molecule has 2 nitrogen and oxygen atoms in total. The van der Waals surface area contributed by atoms with E-state index in [0.29, 0.717) is 6.61 Å². The number of ether oxygens (including phenoxy) is 1. The van der Waals surface area contributed by atoms with E-state index in [1.54, 1.807) is 7.28 Å². The van der Waals surface area contributed by atoms with Crippen LogP contribution in [0.3, 0.4) is 0 Å². The number of hydrogen-bond donors (Lipinski definition) is 0. The van der Waals surface area contributed by atoms with Crippen LogP contribution in [0.4, 0.5) is 0 Å². The van der Waals surface area contributed by atoms with Crippen molar-refractivity contribution in [3.8, 4) is 0 Å². The number of aryl methyl sites for hydroxylation is 2. The van der Waals surface area contributed by atoms with Gasteiger partial charge in [0.05, 0.1) is 0 Å². The van der Waals surface area contributed by atoms with E-state index in [0.717, 1.165) is 17.5 Å². The third-order valence-electron chi connectivity index (χ3n) is 2.77. The van der Waals surface area contributed by atoms with Crippen LogP contribution in [0.25, 0.3) is 0 Å². The smallest absolute Gasteiger partial charge is 0.246 e. The Balaban J connectivity index is 2.75. The van der Waals surface area contributed by atoms with Crippen molar-refractivity contribution < 1.29 is 9.53 Å². The van der Waals surface area contributed by atoms with Gasteiger partial charge < -0.3 is 9.53 Å². The molecule has 1 unspecified atom stereocenters. The quantitative estimate of drug-likeness (QED) is 0.703. The first-order valence-corrected chi connectivity index (χ1v) is 6.16. The third kappa shape index (κ3) is 4.01. The Morgan fingerprint density at radius 3 is 2.59 bits per heavy atom. The number of hydrogen-bond acceptors (Lipinski definition) is 2. The first-order valence-electron chi connectivity index (χ1n) is 6.16. The van der Waals surface area contributed by atoms with Gasteiger partial charge in [-0.2, -0.15) is 0 Å². The van der Waals surface area contributed by atoms with Gasteiger partial charge in [-0.15, -0.1) is 0 Å². The normalized spacial score (nSPS) is 12.2. The Labute approximate surface area is 105 Å². The van der Waals surface area contributed by atoms with Crippen molar-refractivity contribution in [3.63, 3.8) is 0 Å². The SMILES string of the molecule is CCOC([B]C(=O)c1ccc(C)cc1C)CC. The van der Waals surface area contributed by atoms with E-state index < -0.39 is 0 Å². The van der Waals surface area contributed by atoms with E-state index in [1.165, 1.54) is 5.56 Å². The van der Waals surface area contributed by atoms with E-state index in [1.807, 2.05) is 45.9 Å². The Bertz CT molecular complexity index is 388. The number of carbonyl (C=O) groups is 1. The molecule has 0 saturated heterocycles. The monoisotopic (exact) mass is 231 g/mol. The molecule has 1 aromatic carbocycles. The van der Waals surface area contributed by atoms with Crippen molar-refractivity contribution in [3.05, 3.63) is 34.9 Å². The lowest BCUT2D eigenvalue weighted by molar-refractivity contribution is 0.0995. The predicted octanol–water partition coefficient (Wildman–Crippen LogP) is 2.92. The number of benzene rings is 1. The maximum Gasteiger partial charge on any atom is 0.246 e. The summed E-state index contributed by atoms with van der Waals surface area (Å²) in [6, 6.07) is 5.81. The molecular formula is C14H20BO2. The summed E-state index contributed by atoms with van der Waals surface area (Å²) in [4.78, 5) is 12.1. The van der Waals surface area contributed by atoms with Crippen LogP contribution in [-0.4, -0.2) is 25.6 Å². The molecule has 0 heterocycles. The lowest BCUT2D eigenvalue weighted by atomic mass is 9.63. The number of rotatable bonds is 6. The van der Waals surface area contributed by atoms with Gasteiger partial charge in [0.25, 0.3) is 0 Å². The first-order chi connectivity index (χ1) is 8.08. The molecule has 0 spiro atoms. The molecule has 91 valence electrons. The number of carbonyl (C=O) groups excluding carboxylic acids is 1. The molecule has 1 atom stereocenters. The summed E-state index contributed by atoms with van der Waals surface area (Å²) in [5.41, 5.74) is 3.03. The van der Waals surface area contributed by atoms with Crippen LogP contribution in [0.5, 0.6) is 0 Å². The highest BCUT2D eigenvalue weighted by Crippen LogP contribution is 2.12. The van der Waals surface area contributed by atoms with Crippen LogP contribution in [0, 0.1) is 13.8 Å². The molecular weight excluding hydrogens is 211 g/mol. The molecule has 0 N–H and O–H groups in total. The highest BCUT2D eigenvalue weighted by Gasteiger charge is 2.17. The van der Waals surface area contributed by atoms with Gasteiger partial charge in [0.15, 0.2) is 0 Å². The summed E-state index contributed by atoms with van der Waals surface area (Å²) in [6.45, 7) is 8.59. The molecule has 0 aromatic heterocycles. The van der Waals surface area contributed by atoms with Gasteiger partial charge in [0, 0.05) is 18.2 Å². The van der Waals surface area contributed by atoms with E-state index >= 15 is 0 Å². The van der Waals surface area contributed by atoms with Gasteiger partial charge in [-0.3, -0.25) is 0 Å². The van der Waals surface area contributed by atoms with Crippen molar-refractivity contribution in [2.75, 3.05) is 6.61 Å². The molecule has 0 aliphatic carbocycles. The fraction of sp³-hybridized carbons (Fsp3) is 0.500. The maximum absolute atomic E-state index is 12.1. The second-order valence-electron chi connectivity index (χ2n) is 4.25. The highest BCUT2D eigenvalue weighted by molar-refractivity contribution is 6.78. The van der Waals surface area contributed by atoms with E-state index in [-0.39, 0.29) is 11.7 Å². The first kappa shape index (κ1) is 14.0. The lowest BCUT2D eigenvalue weighted by Gasteiger charge is -2.13. The zero-order valence-electron chi connectivity index (χ0n) is 11.1. The summed E-state index contributed by atoms with van der Waals surface area (Å²) in [6.07, 6.45) is 0.824. The summed E-state index contributed by atoms with van der Waals surface area (Å²) in [5.74, 6) is 0. The minimum atomic E-state index is -0.0757. The maximum atomic E-state index is 12.1. The topological polar surface area (TPSA) is 26.3 Å². The zero-order valence-corrected chi connectivity index (χ0v) is 11.1.